The quantitative estimate of drug-likeness (QED) is 0.518. The Bertz CT molecular complexity index is 6.00. The maximum absolute atomic E-state index is 0. The van der Waals surface area contributed by atoms with Gasteiger partial charge in [-0.1, -0.05) is 0 Å². The molecule has 0 aliphatic heterocycles. The van der Waals surface area contributed by atoms with Crippen LogP contribution >= 0.6 is 0 Å². The Morgan fingerprint density at radius 3 is 0.750 bits per heavy atom. The van der Waals surface area contributed by atoms with Crippen LogP contribution in [0.1, 0.15) is 0 Å². The molecule has 0 aliphatic carbocycles. The van der Waals surface area contributed by atoms with Crippen molar-refractivity contribution in [2.75, 3.05) is 0 Å². The van der Waals surface area contributed by atoms with Crippen LogP contribution in [0.15, 0.2) is 0 Å². The van der Waals surface area contributed by atoms with E-state index in [1.54, 1.807) is 0 Å². The first-order chi connectivity index (χ1) is 0. The summed E-state index contributed by atoms with van der Waals surface area (Å²) in [6.07, 6.45) is 0. The third kappa shape index (κ3) is 9.65. The Morgan fingerprint density at radius 1 is 0.750 bits per heavy atom. The van der Waals surface area contributed by atoms with Gasteiger partial charge in [-0.2, -0.15) is 0 Å². The molecule has 0 heterocycles. The molecule has 0 N–H and O–H groups in total. The zero-order valence-corrected chi connectivity index (χ0v) is 6.47. The minimum Gasteiger partial charge on any atom is -2.00 e. The monoisotopic (exact) mass is 254 g/mol. The average Bonchev–Trinajstić information content (AvgIpc) is 0. The first-order valence-electron chi connectivity index (χ1n) is 0. The average molecular weight is 255 g/mol. The standard InChI is InChI=1S/Ag.In.2O/q+1;+3;2*-2. The summed E-state index contributed by atoms with van der Waals surface area (Å²) < 4.78 is 0. The molecule has 0 aromatic rings. The van der Waals surface area contributed by atoms with Crippen molar-refractivity contribution in [3.05, 3.63) is 0 Å². The molecule has 2 nitrogen and oxygen atoms in total. The molecular weight excluding hydrogens is 255 g/mol. The molecule has 0 rings (SSSR count). The Labute approximate surface area is 58.9 Å². The van der Waals surface area contributed by atoms with Crippen molar-refractivity contribution in [2.45, 2.75) is 0 Å². The molecule has 0 saturated heterocycles. The summed E-state index contributed by atoms with van der Waals surface area (Å²) in [6, 6.07) is 0. The van der Waals surface area contributed by atoms with E-state index < -0.39 is 0 Å². The smallest absolute Gasteiger partial charge is 2.00 e. The second-order valence-corrected chi connectivity index (χ2v) is 0. The first-order valence-corrected chi connectivity index (χ1v) is 0. The van der Waals surface area contributed by atoms with Gasteiger partial charge in [-0.25, -0.2) is 0 Å². The topological polar surface area (TPSA) is 57.0 Å². The number of rotatable bonds is 0. The van der Waals surface area contributed by atoms with E-state index in [1.165, 1.54) is 0 Å². The molecule has 0 bridgehead atoms. The molecule has 0 saturated carbocycles. The van der Waals surface area contributed by atoms with Crippen molar-refractivity contribution in [2.24, 2.45) is 0 Å². The Balaban J connectivity index is 0. The number of hydrogen-bond donors (Lipinski definition) is 0. The summed E-state index contributed by atoms with van der Waals surface area (Å²) in [5.74, 6) is 0. The molecule has 4 heavy (non-hydrogen) atoms. The van der Waals surface area contributed by atoms with Gasteiger partial charge in [0.05, 0.1) is 0 Å². The van der Waals surface area contributed by atoms with Crippen LogP contribution in [0.2, 0.25) is 0 Å². The van der Waals surface area contributed by atoms with E-state index in [1.807, 2.05) is 0 Å². The van der Waals surface area contributed by atoms with Crippen LogP contribution in [-0.4, -0.2) is 25.8 Å². The molecule has 0 spiro atoms. The fraction of sp³-hybridized carbons (Fsp3) is 0. The minimum absolute atomic E-state index is 0. The van der Waals surface area contributed by atoms with E-state index in [0.717, 1.165) is 0 Å². The van der Waals surface area contributed by atoms with Crippen LogP contribution in [0.3, 0.4) is 0 Å². The van der Waals surface area contributed by atoms with E-state index in [4.69, 9.17) is 0 Å². The maximum atomic E-state index is 0. The third-order valence-corrected chi connectivity index (χ3v) is 0. The molecule has 0 atom stereocenters. The predicted molar refractivity (Wildman–Crippen MR) is 7.13 cm³/mol. The second kappa shape index (κ2) is 24.1. The van der Waals surface area contributed by atoms with E-state index in [2.05, 4.69) is 0 Å². The van der Waals surface area contributed by atoms with Crippen LogP contribution in [0, 0.1) is 0 Å². The fourth-order valence-corrected chi connectivity index (χ4v) is 0. The van der Waals surface area contributed by atoms with Gasteiger partial charge >= 0.3 is 48.2 Å². The summed E-state index contributed by atoms with van der Waals surface area (Å²) in [6.45, 7) is 0. The van der Waals surface area contributed by atoms with Gasteiger partial charge in [-0.05, 0) is 0 Å². The van der Waals surface area contributed by atoms with Gasteiger partial charge in [0, 0.05) is 0 Å². The van der Waals surface area contributed by atoms with E-state index in [-0.39, 0.29) is 59.2 Å². The maximum Gasteiger partial charge on any atom is 3.00 e. The third-order valence-electron chi connectivity index (χ3n) is 0. The van der Waals surface area contributed by atoms with Crippen molar-refractivity contribution < 1.29 is 33.3 Å². The Hall–Kier alpha value is 1.53. The van der Waals surface area contributed by atoms with Gasteiger partial charge in [-0.15, -0.1) is 0 Å². The van der Waals surface area contributed by atoms with Gasteiger partial charge < -0.3 is 11.0 Å². The van der Waals surface area contributed by atoms with E-state index >= 15 is 0 Å². The first kappa shape index (κ1) is 48.5. The van der Waals surface area contributed by atoms with Gasteiger partial charge in [0.15, 0.2) is 0 Å². The summed E-state index contributed by atoms with van der Waals surface area (Å²) in [4.78, 5) is 0. The van der Waals surface area contributed by atoms with Crippen molar-refractivity contribution in [3.8, 4) is 0 Å². The van der Waals surface area contributed by atoms with Crippen LogP contribution < -0.4 is 0 Å². The SMILES string of the molecule is [Ag+].[In+3].[O-2].[O-2]. The summed E-state index contributed by atoms with van der Waals surface area (Å²) >= 11 is 0. The van der Waals surface area contributed by atoms with Crippen molar-refractivity contribution in [3.63, 3.8) is 0 Å². The molecular formula is AgInO2. The predicted octanol–water partition coefficient (Wildman–Crippen LogP) is -0.621. The normalized spacial score (nSPS) is 0. The fourth-order valence-electron chi connectivity index (χ4n) is 0. The van der Waals surface area contributed by atoms with Gasteiger partial charge in [0.2, 0.25) is 0 Å². The van der Waals surface area contributed by atoms with Crippen LogP contribution in [0.5, 0.6) is 0 Å². The van der Waals surface area contributed by atoms with Crippen molar-refractivity contribution >= 4 is 25.8 Å². The Kier molecular flexibility index (Phi) is 292. The van der Waals surface area contributed by atoms with Gasteiger partial charge in [-0.3, -0.25) is 0 Å². The number of hydrogen-bond acceptors (Lipinski definition) is 0. The molecule has 0 unspecified atom stereocenters. The molecule has 0 fully saturated rings. The molecule has 0 aliphatic rings. The van der Waals surface area contributed by atoms with Crippen molar-refractivity contribution in [1.29, 1.82) is 0 Å². The summed E-state index contributed by atoms with van der Waals surface area (Å²) in [7, 11) is 0. The van der Waals surface area contributed by atoms with Crippen molar-refractivity contribution in [1.82, 2.24) is 0 Å². The molecule has 26 valence electrons. The molecule has 0 radical (unpaired) electrons. The van der Waals surface area contributed by atoms with Gasteiger partial charge in [0.1, 0.15) is 0 Å². The minimum atomic E-state index is 0. The zero-order valence-electron chi connectivity index (χ0n) is 1.70. The van der Waals surface area contributed by atoms with E-state index in [9.17, 15) is 0 Å². The molecule has 0 aromatic carbocycles. The van der Waals surface area contributed by atoms with Gasteiger partial charge in [0.25, 0.3) is 0 Å². The summed E-state index contributed by atoms with van der Waals surface area (Å²) in [5, 5.41) is 0. The van der Waals surface area contributed by atoms with E-state index in [0.29, 0.717) is 0 Å². The van der Waals surface area contributed by atoms with Crippen LogP contribution in [-0.2, 0) is 33.3 Å². The Morgan fingerprint density at radius 2 is 0.750 bits per heavy atom. The molecule has 0 aromatic heterocycles. The zero-order chi connectivity index (χ0) is 0. The van der Waals surface area contributed by atoms with Crippen LogP contribution in [0.4, 0.5) is 0 Å². The second-order valence-electron chi connectivity index (χ2n) is 0. The largest absolute Gasteiger partial charge is 3.00 e. The molecule has 0 amide bonds. The summed E-state index contributed by atoms with van der Waals surface area (Å²) in [5.41, 5.74) is 0. The van der Waals surface area contributed by atoms with Crippen LogP contribution in [0.25, 0.3) is 0 Å². The molecule has 4 heteroatoms.